The lowest BCUT2D eigenvalue weighted by Gasteiger charge is -2.33. The molecule has 132 valence electrons. The summed E-state index contributed by atoms with van der Waals surface area (Å²) in [6.45, 7) is 5.84. The molecule has 0 N–H and O–H groups in total. The van der Waals surface area contributed by atoms with E-state index >= 15 is 0 Å². The smallest absolute Gasteiger partial charge is 0.236 e. The monoisotopic (exact) mass is 350 g/mol. The molecule has 0 aliphatic carbocycles. The molecule has 1 aliphatic heterocycles. The van der Waals surface area contributed by atoms with E-state index in [4.69, 9.17) is 0 Å². The Hall–Kier alpha value is -1.66. The minimum Gasteiger partial charge on any atom is -0.340 e. The molecular formula is C18H26N2O3S. The predicted octanol–water partition coefficient (Wildman–Crippen LogP) is 2.57. The maximum atomic E-state index is 12.4. The molecule has 1 aliphatic rings. The number of hydrogen-bond acceptors (Lipinski definition) is 3. The minimum absolute atomic E-state index is 0.126. The van der Waals surface area contributed by atoms with Crippen molar-refractivity contribution in [2.45, 2.75) is 26.7 Å². The molecule has 1 amide bonds. The first-order chi connectivity index (χ1) is 11.4. The number of benzene rings is 1. The molecular weight excluding hydrogens is 324 g/mol. The lowest BCUT2D eigenvalue weighted by Crippen LogP contribution is -2.50. The fraction of sp³-hybridized carbons (Fsp3) is 0.500. The SMILES string of the molecule is CC(C)CCC(=O)N1CCN(S(=O)(=O)/C=C/c2ccccc2)CC1. The Labute approximate surface area is 145 Å². The van der Waals surface area contributed by atoms with Gasteiger partial charge in [-0.3, -0.25) is 4.79 Å². The number of hydrogen-bond donors (Lipinski definition) is 0. The van der Waals surface area contributed by atoms with Gasteiger partial charge in [-0.1, -0.05) is 44.2 Å². The van der Waals surface area contributed by atoms with Crippen molar-refractivity contribution in [1.82, 2.24) is 9.21 Å². The van der Waals surface area contributed by atoms with Crippen molar-refractivity contribution >= 4 is 22.0 Å². The Balaban J connectivity index is 1.89. The van der Waals surface area contributed by atoms with Crippen LogP contribution in [0.2, 0.25) is 0 Å². The van der Waals surface area contributed by atoms with Gasteiger partial charge >= 0.3 is 0 Å². The van der Waals surface area contributed by atoms with E-state index in [0.29, 0.717) is 38.5 Å². The van der Waals surface area contributed by atoms with Crippen LogP contribution in [0, 0.1) is 5.92 Å². The summed E-state index contributed by atoms with van der Waals surface area (Å²) < 4.78 is 26.2. The van der Waals surface area contributed by atoms with Crippen LogP contribution in [0.5, 0.6) is 0 Å². The van der Waals surface area contributed by atoms with Gasteiger partial charge in [0.1, 0.15) is 0 Å². The zero-order chi connectivity index (χ0) is 17.6. The Morgan fingerprint density at radius 3 is 2.33 bits per heavy atom. The molecule has 0 atom stereocenters. The second-order valence-corrected chi connectivity index (χ2v) is 8.29. The second kappa shape index (κ2) is 8.44. The van der Waals surface area contributed by atoms with Gasteiger partial charge in [0.25, 0.3) is 0 Å². The highest BCUT2D eigenvalue weighted by Crippen LogP contribution is 2.13. The number of piperazine rings is 1. The lowest BCUT2D eigenvalue weighted by molar-refractivity contribution is -0.132. The van der Waals surface area contributed by atoms with E-state index in [-0.39, 0.29) is 5.91 Å². The lowest BCUT2D eigenvalue weighted by atomic mass is 10.1. The van der Waals surface area contributed by atoms with Crippen molar-refractivity contribution < 1.29 is 13.2 Å². The molecule has 0 bridgehead atoms. The van der Waals surface area contributed by atoms with Crippen molar-refractivity contribution in [3.63, 3.8) is 0 Å². The fourth-order valence-corrected chi connectivity index (χ4v) is 3.75. The van der Waals surface area contributed by atoms with Crippen LogP contribution in [0.25, 0.3) is 6.08 Å². The van der Waals surface area contributed by atoms with Gasteiger partial charge in [0.2, 0.25) is 15.9 Å². The zero-order valence-electron chi connectivity index (χ0n) is 14.4. The molecule has 1 heterocycles. The molecule has 0 saturated carbocycles. The average Bonchev–Trinajstić information content (AvgIpc) is 2.59. The number of carbonyl (C=O) groups excluding carboxylic acids is 1. The molecule has 1 saturated heterocycles. The Morgan fingerprint density at radius 1 is 1.12 bits per heavy atom. The first-order valence-corrected chi connectivity index (χ1v) is 9.90. The van der Waals surface area contributed by atoms with Crippen LogP contribution < -0.4 is 0 Å². The largest absolute Gasteiger partial charge is 0.340 e. The number of carbonyl (C=O) groups is 1. The Bertz CT molecular complexity index is 661. The van der Waals surface area contributed by atoms with Crippen LogP contribution in [0.3, 0.4) is 0 Å². The third-order valence-electron chi connectivity index (χ3n) is 4.12. The number of nitrogens with zero attached hydrogens (tertiary/aromatic N) is 2. The third kappa shape index (κ3) is 5.46. The standard InChI is InChI=1S/C18H26N2O3S/c1-16(2)8-9-18(21)19-11-13-20(14-12-19)24(22,23)15-10-17-6-4-3-5-7-17/h3-7,10,15-16H,8-9,11-14H2,1-2H3/b15-10+. The highest BCUT2D eigenvalue weighted by atomic mass is 32.2. The highest BCUT2D eigenvalue weighted by Gasteiger charge is 2.27. The summed E-state index contributed by atoms with van der Waals surface area (Å²) in [6.07, 6.45) is 3.02. The highest BCUT2D eigenvalue weighted by molar-refractivity contribution is 7.92. The van der Waals surface area contributed by atoms with Crippen LogP contribution in [0.1, 0.15) is 32.3 Å². The molecule has 1 aromatic carbocycles. The van der Waals surface area contributed by atoms with E-state index in [2.05, 4.69) is 13.8 Å². The minimum atomic E-state index is -3.44. The first kappa shape index (κ1) is 18.7. The van der Waals surface area contributed by atoms with Gasteiger partial charge in [0, 0.05) is 38.0 Å². The molecule has 0 spiro atoms. The normalized spacial score (nSPS) is 16.9. The van der Waals surface area contributed by atoms with Crippen LogP contribution in [0.15, 0.2) is 35.7 Å². The van der Waals surface area contributed by atoms with Gasteiger partial charge in [-0.2, -0.15) is 4.31 Å². The quantitative estimate of drug-likeness (QED) is 0.792. The van der Waals surface area contributed by atoms with E-state index in [1.165, 1.54) is 9.71 Å². The van der Waals surface area contributed by atoms with E-state index in [9.17, 15) is 13.2 Å². The van der Waals surface area contributed by atoms with Gasteiger partial charge in [-0.15, -0.1) is 0 Å². The van der Waals surface area contributed by atoms with Crippen molar-refractivity contribution in [3.8, 4) is 0 Å². The van der Waals surface area contributed by atoms with Crippen LogP contribution in [-0.2, 0) is 14.8 Å². The first-order valence-electron chi connectivity index (χ1n) is 8.39. The second-order valence-electron chi connectivity index (χ2n) is 6.47. The van der Waals surface area contributed by atoms with Gasteiger partial charge in [0.05, 0.1) is 0 Å². The number of sulfonamides is 1. The molecule has 2 rings (SSSR count). The molecule has 1 fully saturated rings. The van der Waals surface area contributed by atoms with Crippen LogP contribution >= 0.6 is 0 Å². The van der Waals surface area contributed by atoms with Crippen LogP contribution in [0.4, 0.5) is 0 Å². The summed E-state index contributed by atoms with van der Waals surface area (Å²) in [5, 5.41) is 1.25. The number of amides is 1. The van der Waals surface area contributed by atoms with E-state index in [1.807, 2.05) is 30.3 Å². The van der Waals surface area contributed by atoms with Crippen molar-refractivity contribution in [2.24, 2.45) is 5.92 Å². The predicted molar refractivity (Wildman–Crippen MR) is 96.6 cm³/mol. The summed E-state index contributed by atoms with van der Waals surface area (Å²) in [4.78, 5) is 13.9. The van der Waals surface area contributed by atoms with E-state index < -0.39 is 10.0 Å². The molecule has 1 aromatic rings. The van der Waals surface area contributed by atoms with E-state index in [1.54, 1.807) is 11.0 Å². The molecule has 0 unspecified atom stereocenters. The fourth-order valence-electron chi connectivity index (χ4n) is 2.58. The van der Waals surface area contributed by atoms with Gasteiger partial charge in [-0.25, -0.2) is 8.42 Å². The van der Waals surface area contributed by atoms with Crippen molar-refractivity contribution in [1.29, 1.82) is 0 Å². The Morgan fingerprint density at radius 2 is 1.75 bits per heavy atom. The summed E-state index contributed by atoms with van der Waals surface area (Å²) in [5.74, 6) is 0.624. The molecule has 0 radical (unpaired) electrons. The van der Waals surface area contributed by atoms with E-state index in [0.717, 1.165) is 12.0 Å². The average molecular weight is 350 g/mol. The van der Waals surface area contributed by atoms with Gasteiger partial charge in [0.15, 0.2) is 0 Å². The molecule has 24 heavy (non-hydrogen) atoms. The van der Waals surface area contributed by atoms with Crippen LogP contribution in [-0.4, -0.2) is 49.7 Å². The molecule has 6 heteroatoms. The van der Waals surface area contributed by atoms with Gasteiger partial charge in [-0.05, 0) is 24.0 Å². The third-order valence-corrected chi connectivity index (χ3v) is 5.68. The van der Waals surface area contributed by atoms with Crippen molar-refractivity contribution in [3.05, 3.63) is 41.3 Å². The summed E-state index contributed by atoms with van der Waals surface area (Å²) in [7, 11) is -3.44. The topological polar surface area (TPSA) is 57.7 Å². The summed E-state index contributed by atoms with van der Waals surface area (Å²) in [5.41, 5.74) is 0.851. The molecule has 0 aromatic heterocycles. The zero-order valence-corrected chi connectivity index (χ0v) is 15.2. The summed E-state index contributed by atoms with van der Waals surface area (Å²) in [6, 6.07) is 9.34. The van der Waals surface area contributed by atoms with Crippen molar-refractivity contribution in [2.75, 3.05) is 26.2 Å². The Kier molecular flexibility index (Phi) is 6.57. The number of rotatable bonds is 6. The van der Waals surface area contributed by atoms with Gasteiger partial charge < -0.3 is 4.90 Å². The summed E-state index contributed by atoms with van der Waals surface area (Å²) >= 11 is 0. The molecule has 5 nitrogen and oxygen atoms in total. The maximum absolute atomic E-state index is 12.4. The maximum Gasteiger partial charge on any atom is 0.236 e.